The number of allylic oxidation sites excluding steroid dienone is 6. The summed E-state index contributed by atoms with van der Waals surface area (Å²) in [5, 5.41) is 0. The second kappa shape index (κ2) is 7.57. The molecule has 0 amide bonds. The van der Waals surface area contributed by atoms with E-state index in [0.717, 1.165) is 22.6 Å². The minimum Gasteiger partial charge on any atom is -0.456 e. The van der Waals surface area contributed by atoms with Crippen LogP contribution in [0.1, 0.15) is 5.56 Å². The number of ether oxygens (including phenoxy) is 1. The van der Waals surface area contributed by atoms with Gasteiger partial charge in [-0.25, -0.2) is 23.2 Å². The largest absolute Gasteiger partial charge is 0.456 e. The van der Waals surface area contributed by atoms with E-state index in [1.807, 2.05) is 38.4 Å². The third-order valence-electron chi connectivity index (χ3n) is 3.22. The van der Waals surface area contributed by atoms with Gasteiger partial charge in [0.2, 0.25) is 0 Å². The van der Waals surface area contributed by atoms with Gasteiger partial charge in [-0.2, -0.15) is 0 Å². The number of hydrogen-bond donors (Lipinski definition) is 0. The Morgan fingerprint density at radius 3 is 2.00 bits per heavy atom. The molecule has 126 valence electrons. The van der Waals surface area contributed by atoms with Gasteiger partial charge >= 0.3 is 0 Å². The number of para-hydroxylation sites is 1. The number of fused-ring (bicyclic) bond motifs is 1. The van der Waals surface area contributed by atoms with Crippen LogP contribution in [0.5, 0.6) is 5.75 Å². The number of rotatable bonds is 0. The van der Waals surface area contributed by atoms with Crippen LogP contribution in [0.3, 0.4) is 0 Å². The molecule has 24 heavy (non-hydrogen) atoms. The Hall–Kier alpha value is -2.22. The Morgan fingerprint density at radius 2 is 1.42 bits per heavy atom. The fourth-order valence-corrected chi connectivity index (χ4v) is 2.11. The lowest BCUT2D eigenvalue weighted by Gasteiger charge is -2.17. The van der Waals surface area contributed by atoms with Crippen molar-refractivity contribution in [2.45, 2.75) is 0 Å². The minimum absolute atomic E-state index is 0.893. The quantitative estimate of drug-likeness (QED) is 0.526. The predicted octanol–water partition coefficient (Wildman–Crippen LogP) is -1.57. The first-order valence-corrected chi connectivity index (χ1v) is 8.19. The van der Waals surface area contributed by atoms with Crippen LogP contribution >= 0.6 is 0 Å². The highest BCUT2D eigenvalue weighted by Crippen LogP contribution is 2.29. The molecule has 1 aromatic rings. The Bertz CT molecular complexity index is 741. The molecule has 0 unspecified atom stereocenters. The molecule has 0 bridgehead atoms. The van der Waals surface area contributed by atoms with Crippen LogP contribution in [0.15, 0.2) is 66.0 Å². The summed E-state index contributed by atoms with van der Waals surface area (Å²) in [6.07, 6.45) is 12.5. The van der Waals surface area contributed by atoms with Gasteiger partial charge in [0.1, 0.15) is 25.6 Å². The minimum atomic E-state index is -4.94. The van der Waals surface area contributed by atoms with Gasteiger partial charge in [-0.05, 0) is 30.4 Å². The lowest BCUT2D eigenvalue weighted by atomic mass is 10.0. The molecule has 0 aromatic heterocycles. The first-order valence-electron chi connectivity index (χ1n) is 6.95. The third kappa shape index (κ3) is 5.45. The van der Waals surface area contributed by atoms with Crippen molar-refractivity contribution >= 4 is 11.8 Å². The lowest BCUT2D eigenvalue weighted by molar-refractivity contribution is -2.00. The maximum atomic E-state index is 8.49. The van der Waals surface area contributed by atoms with E-state index in [9.17, 15) is 0 Å². The van der Waals surface area contributed by atoms with Crippen molar-refractivity contribution in [3.05, 3.63) is 71.5 Å². The van der Waals surface area contributed by atoms with E-state index in [-0.39, 0.29) is 0 Å². The average Bonchev–Trinajstić information content (AvgIpc) is 2.53. The SMILES string of the molecule is C[N+](C)=C1C=CC(=C2C=Cc3ccccc3O2)C=C1.[O-][Cl+3]([O-])([O-])[O-]. The van der Waals surface area contributed by atoms with E-state index in [0.29, 0.717) is 0 Å². The molecule has 1 aliphatic heterocycles. The van der Waals surface area contributed by atoms with Crippen molar-refractivity contribution in [1.82, 2.24) is 0 Å². The number of halogens is 1. The molecule has 0 spiro atoms. The third-order valence-corrected chi connectivity index (χ3v) is 3.22. The van der Waals surface area contributed by atoms with Crippen LogP contribution in [-0.4, -0.2) is 24.4 Å². The van der Waals surface area contributed by atoms with Crippen LogP contribution < -0.4 is 23.4 Å². The Labute approximate surface area is 142 Å². The summed E-state index contributed by atoms with van der Waals surface area (Å²) in [6.45, 7) is 0. The Kier molecular flexibility index (Phi) is 5.71. The highest BCUT2D eigenvalue weighted by molar-refractivity contribution is 6.02. The number of benzene rings is 1. The lowest BCUT2D eigenvalue weighted by Crippen LogP contribution is -2.68. The van der Waals surface area contributed by atoms with E-state index in [1.54, 1.807) is 0 Å². The summed E-state index contributed by atoms with van der Waals surface area (Å²) in [5.74, 6) is 1.81. The highest BCUT2D eigenvalue weighted by atomic mass is 35.7. The van der Waals surface area contributed by atoms with E-state index in [4.69, 9.17) is 23.4 Å². The molecule has 1 heterocycles. The molecule has 0 saturated carbocycles. The standard InChI is InChI=1S/C17H16NO.ClHO4/c1-18(2)15-10-7-14(8-11-15)17-12-9-13-5-3-4-6-16(13)19-17;2-1(3,4)5/h3-12H,1-2H3;(H,2,3,4,5)/q+1;/p-1. The summed E-state index contributed by atoms with van der Waals surface area (Å²) in [4.78, 5) is 0. The zero-order chi connectivity index (χ0) is 17.7. The van der Waals surface area contributed by atoms with E-state index in [2.05, 4.69) is 41.0 Å². The van der Waals surface area contributed by atoms with Crippen LogP contribution in [0.4, 0.5) is 0 Å². The van der Waals surface area contributed by atoms with E-state index < -0.39 is 10.2 Å². The summed E-state index contributed by atoms with van der Waals surface area (Å²) >= 11 is 0. The average molecular weight is 350 g/mol. The molecule has 0 N–H and O–H groups in total. The normalized spacial score (nSPS) is 15.5. The van der Waals surface area contributed by atoms with Gasteiger partial charge in [0.15, 0.2) is 5.71 Å². The van der Waals surface area contributed by atoms with Gasteiger partial charge in [0.05, 0.1) is 0 Å². The molecule has 1 aliphatic carbocycles. The molecule has 2 aliphatic rings. The van der Waals surface area contributed by atoms with Gasteiger partial charge in [0, 0.05) is 23.3 Å². The summed E-state index contributed by atoms with van der Waals surface area (Å²) in [5.41, 5.74) is 3.40. The molecule has 1 aromatic carbocycles. The second-order valence-corrected chi connectivity index (χ2v) is 5.91. The molecule has 6 nitrogen and oxygen atoms in total. The zero-order valence-electron chi connectivity index (χ0n) is 13.1. The van der Waals surface area contributed by atoms with Crippen LogP contribution in [-0.2, 0) is 0 Å². The molecule has 0 radical (unpaired) electrons. The van der Waals surface area contributed by atoms with Crippen molar-refractivity contribution < 1.29 is 38.2 Å². The molecule has 0 saturated heterocycles. The van der Waals surface area contributed by atoms with E-state index in [1.165, 1.54) is 5.71 Å². The molecule has 0 atom stereocenters. The maximum Gasteiger partial charge on any atom is 0.199 e. The smallest absolute Gasteiger partial charge is 0.199 e. The monoisotopic (exact) mass is 349 g/mol. The van der Waals surface area contributed by atoms with Gasteiger partial charge in [0.25, 0.3) is 0 Å². The van der Waals surface area contributed by atoms with Gasteiger partial charge in [-0.1, -0.05) is 18.2 Å². The molecule has 7 heteroatoms. The maximum absolute atomic E-state index is 8.49. The summed E-state index contributed by atoms with van der Waals surface area (Å²) in [6, 6.07) is 8.05. The van der Waals surface area contributed by atoms with E-state index >= 15 is 0 Å². The topological polar surface area (TPSA) is 104 Å². The fraction of sp³-hybridized carbons (Fsp3) is 0.118. The fourth-order valence-electron chi connectivity index (χ4n) is 2.11. The van der Waals surface area contributed by atoms with Crippen LogP contribution in [0.2, 0.25) is 0 Å². The van der Waals surface area contributed by atoms with Gasteiger partial charge < -0.3 is 4.74 Å². The molecular weight excluding hydrogens is 334 g/mol. The first-order chi connectivity index (χ1) is 11.2. The first kappa shape index (κ1) is 18.1. The predicted molar refractivity (Wildman–Crippen MR) is 78.5 cm³/mol. The second-order valence-electron chi connectivity index (χ2n) is 5.16. The Morgan fingerprint density at radius 1 is 0.833 bits per heavy atom. The highest BCUT2D eigenvalue weighted by Gasteiger charge is 2.13. The van der Waals surface area contributed by atoms with Crippen LogP contribution in [0.25, 0.3) is 6.08 Å². The summed E-state index contributed by atoms with van der Waals surface area (Å²) in [7, 11) is -0.870. The van der Waals surface area contributed by atoms with Gasteiger partial charge in [-0.15, -0.1) is 10.2 Å². The van der Waals surface area contributed by atoms with Crippen molar-refractivity contribution in [2.75, 3.05) is 14.1 Å². The molecular formula is C17H16ClNO5. The zero-order valence-corrected chi connectivity index (χ0v) is 13.9. The molecule has 3 rings (SSSR count). The van der Waals surface area contributed by atoms with Crippen LogP contribution in [0, 0.1) is 10.2 Å². The number of hydrogen-bond acceptors (Lipinski definition) is 5. The van der Waals surface area contributed by atoms with Crippen molar-refractivity contribution in [3.8, 4) is 5.75 Å². The van der Waals surface area contributed by atoms with Crippen molar-refractivity contribution in [3.63, 3.8) is 0 Å². The summed E-state index contributed by atoms with van der Waals surface area (Å²) < 4.78 is 42.0. The number of nitrogens with zero attached hydrogens (tertiary/aromatic N) is 1. The molecule has 0 fully saturated rings. The van der Waals surface area contributed by atoms with Gasteiger partial charge in [-0.3, -0.25) is 0 Å². The van der Waals surface area contributed by atoms with Crippen molar-refractivity contribution in [1.29, 1.82) is 0 Å². The van der Waals surface area contributed by atoms with Crippen molar-refractivity contribution in [2.24, 2.45) is 0 Å². The Balaban J connectivity index is 0.000000368.